The maximum Gasteiger partial charge on any atom is 0.253 e. The molecule has 3 N–H and O–H groups in total. The van der Waals surface area contributed by atoms with E-state index in [2.05, 4.69) is 20.9 Å². The predicted octanol–water partition coefficient (Wildman–Crippen LogP) is 3.80. The van der Waals surface area contributed by atoms with Crippen LogP contribution >= 0.6 is 47.0 Å². The predicted molar refractivity (Wildman–Crippen MR) is 106 cm³/mol. The Morgan fingerprint density at radius 1 is 1.12 bits per heavy atom. The number of thiocarbonyl (C=S) groups is 1. The number of benzene rings is 1. The molecule has 0 spiro atoms. The highest BCUT2D eigenvalue weighted by Crippen LogP contribution is 2.29. The van der Waals surface area contributed by atoms with E-state index in [1.54, 1.807) is 36.5 Å². The van der Waals surface area contributed by atoms with Gasteiger partial charge in [0.2, 0.25) is 3.79 Å². The third-order valence-corrected chi connectivity index (χ3v) is 4.05. The van der Waals surface area contributed by atoms with E-state index < -0.39 is 9.96 Å². The van der Waals surface area contributed by atoms with Gasteiger partial charge in [-0.05, 0) is 42.9 Å². The van der Waals surface area contributed by atoms with Crippen LogP contribution in [0.1, 0.15) is 15.9 Å². The zero-order chi connectivity index (χ0) is 18.4. The number of rotatable bonds is 4. The quantitative estimate of drug-likeness (QED) is 0.401. The Morgan fingerprint density at radius 3 is 2.40 bits per heavy atom. The van der Waals surface area contributed by atoms with Crippen molar-refractivity contribution in [1.82, 2.24) is 15.6 Å². The first kappa shape index (κ1) is 19.7. The summed E-state index contributed by atoms with van der Waals surface area (Å²) in [6.07, 6.45) is 0.561. The summed E-state index contributed by atoms with van der Waals surface area (Å²) in [5, 5.41) is 8.42. The van der Waals surface area contributed by atoms with Crippen LogP contribution in [0.4, 0.5) is 5.82 Å². The van der Waals surface area contributed by atoms with Crippen LogP contribution < -0.4 is 16.0 Å². The van der Waals surface area contributed by atoms with Crippen LogP contribution in [0.5, 0.6) is 0 Å². The van der Waals surface area contributed by atoms with Crippen molar-refractivity contribution in [3.05, 3.63) is 59.8 Å². The van der Waals surface area contributed by atoms with Gasteiger partial charge < -0.3 is 16.0 Å². The number of aryl methyl sites for hydroxylation is 1. The maximum absolute atomic E-state index is 12.5. The highest BCUT2D eigenvalue weighted by molar-refractivity contribution is 7.80. The van der Waals surface area contributed by atoms with Gasteiger partial charge in [0.1, 0.15) is 12.0 Å². The molecule has 0 aliphatic heterocycles. The van der Waals surface area contributed by atoms with Gasteiger partial charge in [0.25, 0.3) is 5.91 Å². The van der Waals surface area contributed by atoms with Gasteiger partial charge in [-0.3, -0.25) is 4.79 Å². The van der Waals surface area contributed by atoms with E-state index in [0.29, 0.717) is 11.4 Å². The molecule has 2 rings (SSSR count). The normalized spacial score (nSPS) is 12.2. The van der Waals surface area contributed by atoms with Crippen LogP contribution in [0.15, 0.2) is 48.7 Å². The van der Waals surface area contributed by atoms with Gasteiger partial charge in [-0.15, -0.1) is 0 Å². The van der Waals surface area contributed by atoms with Crippen LogP contribution in [0.3, 0.4) is 0 Å². The molecule has 0 saturated heterocycles. The van der Waals surface area contributed by atoms with Gasteiger partial charge >= 0.3 is 0 Å². The number of carbonyl (C=O) groups excluding carboxylic acids is 1. The molecule has 25 heavy (non-hydrogen) atoms. The molecular formula is C16H15Cl3N4OS. The Kier molecular flexibility index (Phi) is 6.84. The Balaban J connectivity index is 2.08. The van der Waals surface area contributed by atoms with Gasteiger partial charge in [-0.1, -0.05) is 59.1 Å². The summed E-state index contributed by atoms with van der Waals surface area (Å²) in [5.41, 5.74) is 1.28. The SMILES string of the molecule is Cc1ccccc1C(=O)N[C@@H](NC(=S)Nc1ccccn1)C(Cl)(Cl)Cl. The van der Waals surface area contributed by atoms with Gasteiger partial charge in [0, 0.05) is 11.8 Å². The second-order valence-corrected chi connectivity index (χ2v) is 7.85. The van der Waals surface area contributed by atoms with E-state index in [-0.39, 0.29) is 11.0 Å². The Hall–Kier alpha value is -1.60. The van der Waals surface area contributed by atoms with Crippen molar-refractivity contribution in [2.75, 3.05) is 5.32 Å². The molecule has 132 valence electrons. The van der Waals surface area contributed by atoms with Crippen LogP contribution in [0, 0.1) is 6.92 Å². The zero-order valence-electron chi connectivity index (χ0n) is 13.1. The van der Waals surface area contributed by atoms with Gasteiger partial charge in [-0.2, -0.15) is 0 Å². The molecular weight excluding hydrogens is 403 g/mol. The Morgan fingerprint density at radius 2 is 1.80 bits per heavy atom. The van der Waals surface area contributed by atoms with Crippen molar-refractivity contribution < 1.29 is 4.79 Å². The number of hydrogen-bond donors (Lipinski definition) is 3. The summed E-state index contributed by atoms with van der Waals surface area (Å²) >= 11 is 23.1. The third-order valence-electron chi connectivity index (χ3n) is 3.17. The first-order chi connectivity index (χ1) is 11.8. The third kappa shape index (κ3) is 6.01. The molecule has 1 aromatic heterocycles. The Labute approximate surface area is 166 Å². The molecule has 0 saturated carbocycles. The Bertz CT molecular complexity index is 753. The van der Waals surface area contributed by atoms with Gasteiger partial charge in [-0.25, -0.2) is 4.98 Å². The van der Waals surface area contributed by atoms with E-state index in [4.69, 9.17) is 47.0 Å². The minimum atomic E-state index is -1.83. The van der Waals surface area contributed by atoms with Crippen molar-refractivity contribution >= 4 is 63.9 Å². The lowest BCUT2D eigenvalue weighted by Gasteiger charge is -2.27. The van der Waals surface area contributed by atoms with E-state index in [0.717, 1.165) is 5.56 Å². The first-order valence-corrected chi connectivity index (χ1v) is 8.73. The fourth-order valence-corrected chi connectivity index (χ4v) is 2.51. The molecule has 1 heterocycles. The van der Waals surface area contributed by atoms with E-state index in [9.17, 15) is 4.79 Å². The van der Waals surface area contributed by atoms with Crippen molar-refractivity contribution in [3.63, 3.8) is 0 Å². The molecule has 0 fully saturated rings. The molecule has 0 unspecified atom stereocenters. The lowest BCUT2D eigenvalue weighted by atomic mass is 10.1. The molecule has 1 atom stereocenters. The summed E-state index contributed by atoms with van der Waals surface area (Å²) in [7, 11) is 0. The largest absolute Gasteiger partial charge is 0.339 e. The number of halogens is 3. The number of alkyl halides is 3. The monoisotopic (exact) mass is 416 g/mol. The van der Waals surface area contributed by atoms with Crippen molar-refractivity contribution in [1.29, 1.82) is 0 Å². The summed E-state index contributed by atoms with van der Waals surface area (Å²) in [4.78, 5) is 16.5. The smallest absolute Gasteiger partial charge is 0.253 e. The first-order valence-electron chi connectivity index (χ1n) is 7.19. The number of anilines is 1. The number of nitrogens with zero attached hydrogens (tertiary/aromatic N) is 1. The number of carbonyl (C=O) groups is 1. The second-order valence-electron chi connectivity index (χ2n) is 5.08. The molecule has 0 aliphatic carbocycles. The molecule has 0 bridgehead atoms. The van der Waals surface area contributed by atoms with E-state index in [1.165, 1.54) is 0 Å². The lowest BCUT2D eigenvalue weighted by Crippen LogP contribution is -2.56. The van der Waals surface area contributed by atoms with Gasteiger partial charge in [0.05, 0.1) is 0 Å². The number of aromatic nitrogens is 1. The van der Waals surface area contributed by atoms with Gasteiger partial charge in [0.15, 0.2) is 5.11 Å². The topological polar surface area (TPSA) is 66.1 Å². The van der Waals surface area contributed by atoms with Crippen molar-refractivity contribution in [2.45, 2.75) is 16.9 Å². The van der Waals surface area contributed by atoms with Crippen LogP contribution in [0.25, 0.3) is 0 Å². The van der Waals surface area contributed by atoms with Crippen LogP contribution in [0.2, 0.25) is 0 Å². The van der Waals surface area contributed by atoms with E-state index in [1.807, 2.05) is 19.1 Å². The fraction of sp³-hybridized carbons (Fsp3) is 0.188. The maximum atomic E-state index is 12.5. The highest BCUT2D eigenvalue weighted by atomic mass is 35.6. The van der Waals surface area contributed by atoms with Crippen LogP contribution in [-0.2, 0) is 0 Å². The number of pyridine rings is 1. The summed E-state index contributed by atoms with van der Waals surface area (Å²) in [6, 6.07) is 12.4. The van der Waals surface area contributed by atoms with Crippen molar-refractivity contribution in [2.24, 2.45) is 0 Å². The molecule has 0 radical (unpaired) electrons. The number of amides is 1. The molecule has 9 heteroatoms. The minimum absolute atomic E-state index is 0.153. The minimum Gasteiger partial charge on any atom is -0.339 e. The molecule has 5 nitrogen and oxygen atoms in total. The van der Waals surface area contributed by atoms with Crippen LogP contribution in [-0.4, -0.2) is 26.0 Å². The second kappa shape index (κ2) is 8.67. The summed E-state index contributed by atoms with van der Waals surface area (Å²) in [6.45, 7) is 1.82. The fourth-order valence-electron chi connectivity index (χ4n) is 1.96. The molecule has 1 aromatic carbocycles. The molecule has 2 aromatic rings. The molecule has 0 aliphatic rings. The number of nitrogens with one attached hydrogen (secondary N) is 3. The number of hydrogen-bond acceptors (Lipinski definition) is 3. The average Bonchev–Trinajstić information content (AvgIpc) is 2.54. The lowest BCUT2D eigenvalue weighted by molar-refractivity contribution is 0.0934. The van der Waals surface area contributed by atoms with E-state index >= 15 is 0 Å². The zero-order valence-corrected chi connectivity index (χ0v) is 16.2. The van der Waals surface area contributed by atoms with Crippen molar-refractivity contribution in [3.8, 4) is 0 Å². The molecule has 1 amide bonds. The standard InChI is InChI=1S/C16H15Cl3N4OS/c1-10-6-2-3-7-11(10)13(24)22-14(16(17,18)19)23-15(25)21-12-8-4-5-9-20-12/h2-9,14H,1H3,(H,22,24)(H2,20,21,23,25)/t14-/m0/s1. The summed E-state index contributed by atoms with van der Waals surface area (Å²) < 4.78 is -1.83. The average molecular weight is 418 g/mol. The summed E-state index contributed by atoms with van der Waals surface area (Å²) in [5.74, 6) is 0.135. The highest BCUT2D eigenvalue weighted by Gasteiger charge is 2.35.